The van der Waals surface area contributed by atoms with Gasteiger partial charge in [0.15, 0.2) is 0 Å². The second-order valence-electron chi connectivity index (χ2n) is 4.93. The third kappa shape index (κ3) is 5.41. The lowest BCUT2D eigenvalue weighted by Gasteiger charge is -2.21. The van der Waals surface area contributed by atoms with E-state index < -0.39 is 0 Å². The van der Waals surface area contributed by atoms with E-state index in [9.17, 15) is 0 Å². The van der Waals surface area contributed by atoms with Crippen molar-refractivity contribution < 1.29 is 0 Å². The molecule has 0 bridgehead atoms. The highest BCUT2D eigenvalue weighted by Gasteiger charge is 2.01. The van der Waals surface area contributed by atoms with Gasteiger partial charge >= 0.3 is 0 Å². The summed E-state index contributed by atoms with van der Waals surface area (Å²) in [4.78, 5) is 2.36. The molecule has 0 amide bonds. The highest BCUT2D eigenvalue weighted by molar-refractivity contribution is 5.85. The minimum atomic E-state index is 0. The predicted octanol–water partition coefficient (Wildman–Crippen LogP) is 4.24. The monoisotopic (exact) mass is 304 g/mol. The maximum atomic E-state index is 3.48. The summed E-state index contributed by atoms with van der Waals surface area (Å²) in [5.74, 6) is 0. The van der Waals surface area contributed by atoms with Crippen LogP contribution in [0.15, 0.2) is 54.6 Å². The topological polar surface area (TPSA) is 15.3 Å². The van der Waals surface area contributed by atoms with Crippen LogP contribution in [0.25, 0.3) is 0 Å². The molecule has 114 valence electrons. The standard InChI is InChI=1S/C18H24N2.ClH/c1-3-20(4-2)18-12-10-17(11-13-18)15-19-14-16-8-6-5-7-9-16;/h5-13,19H,3-4,14-15H2,1-2H3;1H. The summed E-state index contributed by atoms with van der Waals surface area (Å²) < 4.78 is 0. The molecule has 0 spiro atoms. The van der Waals surface area contributed by atoms with Crippen molar-refractivity contribution in [3.05, 3.63) is 65.7 Å². The lowest BCUT2D eigenvalue weighted by atomic mass is 10.2. The Bertz CT molecular complexity index is 492. The summed E-state index contributed by atoms with van der Waals surface area (Å²) >= 11 is 0. The number of nitrogens with one attached hydrogen (secondary N) is 1. The maximum Gasteiger partial charge on any atom is 0.0366 e. The molecule has 2 aromatic carbocycles. The van der Waals surface area contributed by atoms with Gasteiger partial charge in [-0.3, -0.25) is 0 Å². The number of halogens is 1. The molecule has 0 aromatic heterocycles. The Morgan fingerprint density at radius 2 is 1.29 bits per heavy atom. The third-order valence-corrected chi connectivity index (χ3v) is 3.57. The predicted molar refractivity (Wildman–Crippen MR) is 94.2 cm³/mol. The summed E-state index contributed by atoms with van der Waals surface area (Å²) in [6.07, 6.45) is 0. The molecule has 0 aliphatic heterocycles. The van der Waals surface area contributed by atoms with Crippen LogP contribution >= 0.6 is 12.4 Å². The first-order chi connectivity index (χ1) is 9.83. The molecule has 21 heavy (non-hydrogen) atoms. The summed E-state index contributed by atoms with van der Waals surface area (Å²) in [6.45, 7) is 8.33. The van der Waals surface area contributed by atoms with Gasteiger partial charge in [0.2, 0.25) is 0 Å². The molecule has 2 rings (SSSR count). The van der Waals surface area contributed by atoms with Gasteiger partial charge in [0.25, 0.3) is 0 Å². The minimum absolute atomic E-state index is 0. The van der Waals surface area contributed by atoms with Crippen molar-refractivity contribution in [2.24, 2.45) is 0 Å². The van der Waals surface area contributed by atoms with Crippen LogP contribution in [0.2, 0.25) is 0 Å². The molecule has 0 unspecified atom stereocenters. The Labute approximate surface area is 134 Å². The Morgan fingerprint density at radius 1 is 0.762 bits per heavy atom. The molecular weight excluding hydrogens is 280 g/mol. The van der Waals surface area contributed by atoms with Gasteiger partial charge in [0, 0.05) is 31.9 Å². The fourth-order valence-electron chi connectivity index (χ4n) is 2.36. The van der Waals surface area contributed by atoms with Gasteiger partial charge in [-0.1, -0.05) is 42.5 Å². The van der Waals surface area contributed by atoms with E-state index in [-0.39, 0.29) is 12.4 Å². The molecule has 0 saturated carbocycles. The van der Waals surface area contributed by atoms with Gasteiger partial charge in [0.05, 0.1) is 0 Å². The normalized spacial score (nSPS) is 10.0. The van der Waals surface area contributed by atoms with Crippen molar-refractivity contribution >= 4 is 18.1 Å². The van der Waals surface area contributed by atoms with Gasteiger partial charge < -0.3 is 10.2 Å². The van der Waals surface area contributed by atoms with Crippen molar-refractivity contribution in [1.82, 2.24) is 5.32 Å². The van der Waals surface area contributed by atoms with Crippen molar-refractivity contribution in [2.75, 3.05) is 18.0 Å². The van der Waals surface area contributed by atoms with Crippen LogP contribution in [0.3, 0.4) is 0 Å². The van der Waals surface area contributed by atoms with Crippen LogP contribution in [-0.4, -0.2) is 13.1 Å². The molecule has 0 saturated heterocycles. The van der Waals surface area contributed by atoms with Gasteiger partial charge in [0.1, 0.15) is 0 Å². The number of hydrogen-bond acceptors (Lipinski definition) is 2. The first-order valence-corrected chi connectivity index (χ1v) is 7.42. The van der Waals surface area contributed by atoms with Crippen molar-refractivity contribution in [3.63, 3.8) is 0 Å². The fourth-order valence-corrected chi connectivity index (χ4v) is 2.36. The summed E-state index contributed by atoms with van der Waals surface area (Å²) in [6, 6.07) is 19.4. The molecule has 3 heteroatoms. The summed E-state index contributed by atoms with van der Waals surface area (Å²) in [5, 5.41) is 3.48. The molecule has 1 N–H and O–H groups in total. The number of nitrogens with zero attached hydrogens (tertiary/aromatic N) is 1. The van der Waals surface area contributed by atoms with Crippen molar-refractivity contribution in [1.29, 1.82) is 0 Å². The molecule has 2 nitrogen and oxygen atoms in total. The number of anilines is 1. The average molecular weight is 305 g/mol. The Kier molecular flexibility index (Phi) is 7.88. The quantitative estimate of drug-likeness (QED) is 0.823. The zero-order valence-corrected chi connectivity index (χ0v) is 13.7. The molecule has 2 aromatic rings. The highest BCUT2D eigenvalue weighted by Crippen LogP contribution is 2.14. The zero-order valence-electron chi connectivity index (χ0n) is 12.9. The second kappa shape index (κ2) is 9.43. The van der Waals surface area contributed by atoms with Crippen molar-refractivity contribution in [3.8, 4) is 0 Å². The number of rotatable bonds is 7. The van der Waals surface area contributed by atoms with E-state index in [1.54, 1.807) is 0 Å². The molecule has 0 aliphatic rings. The lowest BCUT2D eigenvalue weighted by molar-refractivity contribution is 0.693. The van der Waals surface area contributed by atoms with E-state index in [1.807, 2.05) is 0 Å². The molecular formula is C18H25ClN2. The maximum absolute atomic E-state index is 3.48. The van der Waals surface area contributed by atoms with Crippen LogP contribution < -0.4 is 10.2 Å². The van der Waals surface area contributed by atoms with Gasteiger partial charge in [-0.05, 0) is 37.1 Å². The van der Waals surface area contributed by atoms with E-state index in [0.29, 0.717) is 0 Å². The van der Waals surface area contributed by atoms with E-state index in [4.69, 9.17) is 0 Å². The Balaban J connectivity index is 0.00000220. The van der Waals surface area contributed by atoms with Crippen LogP contribution in [0.1, 0.15) is 25.0 Å². The summed E-state index contributed by atoms with van der Waals surface area (Å²) in [7, 11) is 0. The lowest BCUT2D eigenvalue weighted by Crippen LogP contribution is -2.21. The zero-order chi connectivity index (χ0) is 14.2. The third-order valence-electron chi connectivity index (χ3n) is 3.57. The number of hydrogen-bond donors (Lipinski definition) is 1. The smallest absolute Gasteiger partial charge is 0.0366 e. The van der Waals surface area contributed by atoms with Crippen LogP contribution in [0.5, 0.6) is 0 Å². The van der Waals surface area contributed by atoms with Crippen molar-refractivity contribution in [2.45, 2.75) is 26.9 Å². The molecule has 0 heterocycles. The number of benzene rings is 2. The van der Waals surface area contributed by atoms with Gasteiger partial charge in [-0.15, -0.1) is 12.4 Å². The molecule has 0 atom stereocenters. The highest BCUT2D eigenvalue weighted by atomic mass is 35.5. The van der Waals surface area contributed by atoms with E-state index >= 15 is 0 Å². The fraction of sp³-hybridized carbons (Fsp3) is 0.333. The molecule has 0 fully saturated rings. The van der Waals surface area contributed by atoms with Crippen LogP contribution in [-0.2, 0) is 13.1 Å². The average Bonchev–Trinajstić information content (AvgIpc) is 2.51. The van der Waals surface area contributed by atoms with E-state index in [0.717, 1.165) is 26.2 Å². The second-order valence-corrected chi connectivity index (χ2v) is 4.93. The SMILES string of the molecule is CCN(CC)c1ccc(CNCc2ccccc2)cc1.Cl. The molecule has 0 radical (unpaired) electrons. The van der Waals surface area contributed by atoms with Gasteiger partial charge in [-0.25, -0.2) is 0 Å². The largest absolute Gasteiger partial charge is 0.372 e. The Hall–Kier alpha value is -1.51. The van der Waals surface area contributed by atoms with Crippen LogP contribution in [0.4, 0.5) is 5.69 Å². The first-order valence-electron chi connectivity index (χ1n) is 7.42. The van der Waals surface area contributed by atoms with E-state index in [2.05, 4.69) is 78.7 Å². The van der Waals surface area contributed by atoms with Crippen LogP contribution in [0, 0.1) is 0 Å². The van der Waals surface area contributed by atoms with Gasteiger partial charge in [-0.2, -0.15) is 0 Å². The van der Waals surface area contributed by atoms with E-state index in [1.165, 1.54) is 16.8 Å². The molecule has 0 aliphatic carbocycles. The minimum Gasteiger partial charge on any atom is -0.372 e. The Morgan fingerprint density at radius 3 is 1.81 bits per heavy atom. The first kappa shape index (κ1) is 17.5. The summed E-state index contributed by atoms with van der Waals surface area (Å²) in [5.41, 5.74) is 3.96.